The molecule has 0 saturated carbocycles. The predicted octanol–water partition coefficient (Wildman–Crippen LogP) is 2.88. The van der Waals surface area contributed by atoms with Crippen molar-refractivity contribution in [1.82, 2.24) is 9.97 Å². The fourth-order valence-corrected chi connectivity index (χ4v) is 3.04. The Morgan fingerprint density at radius 2 is 2.00 bits per heavy atom. The molecular formula is C15H17N3O4S2. The lowest BCUT2D eigenvalue weighted by atomic mass is 10.3. The van der Waals surface area contributed by atoms with Crippen molar-refractivity contribution in [1.29, 1.82) is 0 Å². The summed E-state index contributed by atoms with van der Waals surface area (Å²) in [5.41, 5.74) is 2.24. The highest BCUT2D eigenvalue weighted by Crippen LogP contribution is 2.29. The van der Waals surface area contributed by atoms with Gasteiger partial charge in [0.1, 0.15) is 5.75 Å². The summed E-state index contributed by atoms with van der Waals surface area (Å²) in [6, 6.07) is 13.2. The van der Waals surface area contributed by atoms with E-state index >= 15 is 0 Å². The number of ether oxygens (including phenoxy) is 1. The minimum Gasteiger partial charge on any atom is -0.495 e. The Morgan fingerprint density at radius 1 is 1.25 bits per heavy atom. The zero-order chi connectivity index (χ0) is 17.5. The maximum absolute atomic E-state index is 11.0. The first kappa shape index (κ1) is 18.3. The lowest BCUT2D eigenvalue weighted by molar-refractivity contribution is 0.399. The van der Waals surface area contributed by atoms with E-state index in [2.05, 4.69) is 14.7 Å². The van der Waals surface area contributed by atoms with Crippen LogP contribution in [0.5, 0.6) is 5.75 Å². The molecule has 4 N–H and O–H groups in total. The number of nitrogens with one attached hydrogen (secondary N) is 2. The van der Waals surface area contributed by atoms with Crippen molar-refractivity contribution in [3.05, 3.63) is 42.5 Å². The summed E-state index contributed by atoms with van der Waals surface area (Å²) in [6.45, 7) is 0. The molecule has 9 heteroatoms. The van der Waals surface area contributed by atoms with Crippen LogP contribution >= 0.6 is 11.9 Å². The summed E-state index contributed by atoms with van der Waals surface area (Å²) in [6.07, 6.45) is 0. The Morgan fingerprint density at radius 3 is 2.71 bits per heavy atom. The molecule has 7 nitrogen and oxygen atoms in total. The number of anilines is 1. The van der Waals surface area contributed by atoms with Gasteiger partial charge in [0, 0.05) is 12.0 Å². The lowest BCUT2D eigenvalue weighted by Gasteiger charge is -2.09. The van der Waals surface area contributed by atoms with E-state index in [0.29, 0.717) is 11.0 Å². The van der Waals surface area contributed by atoms with Crippen LogP contribution in [-0.2, 0) is 11.1 Å². The monoisotopic (exact) mass is 367 g/mol. The van der Waals surface area contributed by atoms with Crippen molar-refractivity contribution in [3.8, 4) is 5.75 Å². The van der Waals surface area contributed by atoms with Crippen molar-refractivity contribution >= 4 is 39.7 Å². The van der Waals surface area contributed by atoms with E-state index < -0.39 is 11.1 Å². The van der Waals surface area contributed by atoms with Gasteiger partial charge < -0.3 is 19.5 Å². The Balaban J connectivity index is 0.00000100. The third kappa shape index (κ3) is 4.26. The van der Waals surface area contributed by atoms with Crippen molar-refractivity contribution in [2.45, 2.75) is 10.1 Å². The van der Waals surface area contributed by atoms with E-state index in [1.165, 1.54) is 11.9 Å². The molecule has 0 aliphatic heterocycles. The molecule has 0 saturated heterocycles. The number of aliphatic hydroxyl groups is 1. The number of aromatic nitrogens is 2. The molecule has 1 atom stereocenters. The van der Waals surface area contributed by atoms with Crippen LogP contribution in [0.1, 0.15) is 0 Å². The van der Waals surface area contributed by atoms with Crippen molar-refractivity contribution < 1.29 is 18.6 Å². The molecule has 1 heterocycles. The molecule has 1 unspecified atom stereocenters. The number of methoxy groups -OCH3 is 1. The lowest BCUT2D eigenvalue weighted by Crippen LogP contribution is -1.91. The highest BCUT2D eigenvalue weighted by molar-refractivity contribution is 8.00. The second-order valence-electron chi connectivity index (χ2n) is 4.37. The molecule has 24 heavy (non-hydrogen) atoms. The van der Waals surface area contributed by atoms with Crippen LogP contribution in [0.4, 0.5) is 5.69 Å². The number of imidazole rings is 1. The van der Waals surface area contributed by atoms with Crippen molar-refractivity contribution in [2.24, 2.45) is 0 Å². The number of hydrogen-bond acceptors (Lipinski definition) is 6. The molecule has 0 aliphatic carbocycles. The van der Waals surface area contributed by atoms with Crippen LogP contribution in [-0.4, -0.2) is 38.1 Å². The Kier molecular flexibility index (Phi) is 6.62. The second kappa shape index (κ2) is 8.69. The van der Waals surface area contributed by atoms with Gasteiger partial charge in [0.05, 0.1) is 23.8 Å². The van der Waals surface area contributed by atoms with Crippen LogP contribution in [0, 0.1) is 0 Å². The predicted molar refractivity (Wildman–Crippen MR) is 95.7 cm³/mol. The summed E-state index contributed by atoms with van der Waals surface area (Å²) in [7, 11) is 2.62. The third-order valence-corrected chi connectivity index (χ3v) is 4.32. The summed E-state index contributed by atoms with van der Waals surface area (Å²) in [4.78, 5) is 7.81. The minimum atomic E-state index is -2.11. The maximum Gasteiger partial charge on any atom is 0.225 e. The highest BCUT2D eigenvalue weighted by Gasteiger charge is 2.08. The zero-order valence-corrected chi connectivity index (χ0v) is 14.6. The smallest absolute Gasteiger partial charge is 0.225 e. The fraction of sp³-hybridized carbons (Fsp3) is 0.133. The van der Waals surface area contributed by atoms with E-state index in [4.69, 9.17) is 14.4 Å². The summed E-state index contributed by atoms with van der Waals surface area (Å²) in [5.74, 6) is 0.760. The number of nitrogens with zero attached hydrogens (tertiary/aromatic N) is 1. The van der Waals surface area contributed by atoms with Crippen molar-refractivity contribution in [2.75, 3.05) is 18.9 Å². The molecular weight excluding hydrogens is 350 g/mol. The molecule has 0 radical (unpaired) electrons. The fourth-order valence-electron chi connectivity index (χ4n) is 1.95. The maximum atomic E-state index is 11.0. The van der Waals surface area contributed by atoms with E-state index in [1.54, 1.807) is 13.2 Å². The summed E-state index contributed by atoms with van der Waals surface area (Å²) in [5, 5.41) is 7.05. The molecule has 0 bridgehead atoms. The molecule has 0 aliphatic rings. The number of H-pyrrole nitrogens is 1. The largest absolute Gasteiger partial charge is 0.495 e. The first-order valence-electron chi connectivity index (χ1n) is 6.78. The van der Waals surface area contributed by atoms with Gasteiger partial charge in [-0.1, -0.05) is 12.1 Å². The standard InChI is InChI=1S/C14H13N3O3S2.CH4O/c1-20-13-5-3-2-4-11(13)17-21-9-6-7-10-12(8-9)16-14(15-10)22(18)19;1-2/h2-8,17H,1H3,(H,15,16)(H,18,19);2H,1H3. The Hall–Kier alpha value is -2.07. The van der Waals surface area contributed by atoms with Gasteiger partial charge in [-0.25, -0.2) is 9.19 Å². The van der Waals surface area contributed by atoms with Gasteiger partial charge in [-0.3, -0.25) is 4.55 Å². The average Bonchev–Trinajstić information content (AvgIpc) is 3.05. The van der Waals surface area contributed by atoms with Gasteiger partial charge in [-0.05, 0) is 42.3 Å². The van der Waals surface area contributed by atoms with Gasteiger partial charge in [0.2, 0.25) is 16.2 Å². The molecule has 2 aromatic carbocycles. The van der Waals surface area contributed by atoms with E-state index in [9.17, 15) is 4.21 Å². The molecule has 0 spiro atoms. The molecule has 1 aromatic heterocycles. The number of rotatable bonds is 5. The number of aliphatic hydroxyl groups excluding tert-OH is 1. The van der Waals surface area contributed by atoms with Crippen LogP contribution in [0.15, 0.2) is 52.5 Å². The number of hydrogen-bond donors (Lipinski definition) is 4. The van der Waals surface area contributed by atoms with Crippen LogP contribution in [0.3, 0.4) is 0 Å². The Bertz CT molecular complexity index is 838. The number of para-hydroxylation sites is 2. The SMILES string of the molecule is CO.COc1ccccc1NSc1ccc2nc(S(=O)O)[nH]c2c1. The van der Waals surface area contributed by atoms with Gasteiger partial charge in [0.25, 0.3) is 0 Å². The minimum absolute atomic E-state index is 0.0508. The normalized spacial score (nSPS) is 11.5. The first-order valence-corrected chi connectivity index (χ1v) is 8.71. The number of benzene rings is 2. The van der Waals surface area contributed by atoms with Crippen LogP contribution in [0.2, 0.25) is 0 Å². The summed E-state index contributed by atoms with van der Waals surface area (Å²) >= 11 is -0.692. The van der Waals surface area contributed by atoms with Crippen LogP contribution in [0.25, 0.3) is 11.0 Å². The Labute approximate surface area is 145 Å². The van der Waals surface area contributed by atoms with Gasteiger partial charge in [-0.15, -0.1) is 0 Å². The molecule has 3 rings (SSSR count). The van der Waals surface area contributed by atoms with Gasteiger partial charge >= 0.3 is 0 Å². The molecule has 128 valence electrons. The molecule has 0 fully saturated rings. The van der Waals surface area contributed by atoms with E-state index in [1.807, 2.05) is 36.4 Å². The highest BCUT2D eigenvalue weighted by atomic mass is 32.2. The third-order valence-electron chi connectivity index (χ3n) is 2.98. The zero-order valence-electron chi connectivity index (χ0n) is 13.0. The molecule has 0 amide bonds. The average molecular weight is 367 g/mol. The van der Waals surface area contributed by atoms with E-state index in [0.717, 1.165) is 23.4 Å². The quantitative estimate of drug-likeness (QED) is 0.406. The second-order valence-corrected chi connectivity index (χ2v) is 6.14. The molecule has 3 aromatic rings. The van der Waals surface area contributed by atoms with Gasteiger partial charge in [0.15, 0.2) is 0 Å². The number of fused-ring (bicyclic) bond motifs is 1. The van der Waals surface area contributed by atoms with E-state index in [-0.39, 0.29) is 5.16 Å². The van der Waals surface area contributed by atoms with Gasteiger partial charge in [-0.2, -0.15) is 0 Å². The topological polar surface area (TPSA) is 107 Å². The first-order chi connectivity index (χ1) is 11.7. The summed E-state index contributed by atoms with van der Waals surface area (Å²) < 4.78 is 28.6. The van der Waals surface area contributed by atoms with Crippen LogP contribution < -0.4 is 9.46 Å². The number of aromatic amines is 1. The van der Waals surface area contributed by atoms with Crippen molar-refractivity contribution in [3.63, 3.8) is 0 Å².